The average molecular weight is 350 g/mol. The van der Waals surface area contributed by atoms with Gasteiger partial charge in [-0.05, 0) is 32.1 Å². The summed E-state index contributed by atoms with van der Waals surface area (Å²) in [6.45, 7) is 3.51. The summed E-state index contributed by atoms with van der Waals surface area (Å²) in [4.78, 5) is 16.7. The predicted octanol–water partition coefficient (Wildman–Crippen LogP) is 5.18. The summed E-state index contributed by atoms with van der Waals surface area (Å²) in [5.41, 5.74) is 5.68. The summed E-state index contributed by atoms with van der Waals surface area (Å²) in [7, 11) is 0. The molecule has 0 fully saturated rings. The van der Waals surface area contributed by atoms with Gasteiger partial charge in [-0.25, -0.2) is 0 Å². The molecule has 0 saturated heterocycles. The number of allylic oxidation sites excluding steroid dienone is 2. The van der Waals surface area contributed by atoms with E-state index in [2.05, 4.69) is 24.1 Å². The third kappa shape index (κ3) is 11.8. The molecule has 0 radical (unpaired) electrons. The molecule has 0 aliphatic carbocycles. The van der Waals surface area contributed by atoms with Gasteiger partial charge in [0.15, 0.2) is 5.96 Å². The number of nitrogens with two attached hydrogens (primary N) is 1. The van der Waals surface area contributed by atoms with Crippen molar-refractivity contribution in [1.29, 1.82) is 0 Å². The summed E-state index contributed by atoms with van der Waals surface area (Å²) >= 11 is 0. The van der Waals surface area contributed by atoms with Gasteiger partial charge in [0.25, 0.3) is 5.91 Å². The van der Waals surface area contributed by atoms with Crippen LogP contribution in [-0.2, 0) is 4.79 Å². The molecule has 2 N–H and O–H groups in total. The van der Waals surface area contributed by atoms with E-state index in [9.17, 15) is 4.79 Å². The van der Waals surface area contributed by atoms with Gasteiger partial charge in [0.1, 0.15) is 6.54 Å². The molecule has 4 heteroatoms. The molecular weight excluding hydrogens is 310 g/mol. The van der Waals surface area contributed by atoms with Crippen molar-refractivity contribution >= 4 is 11.9 Å². The first-order chi connectivity index (χ1) is 12.2. The van der Waals surface area contributed by atoms with Gasteiger partial charge in [-0.3, -0.25) is 4.79 Å². The number of guanidine groups is 1. The van der Waals surface area contributed by atoms with Crippen LogP contribution >= 0.6 is 0 Å². The number of amides is 1. The van der Waals surface area contributed by atoms with E-state index in [1.165, 1.54) is 83.5 Å². The topological polar surface area (TPSA) is 58.7 Å². The number of carbonyl (C=O) groups is 1. The Morgan fingerprint density at radius 1 is 0.880 bits per heavy atom. The van der Waals surface area contributed by atoms with Crippen molar-refractivity contribution in [3.63, 3.8) is 0 Å². The highest BCUT2D eigenvalue weighted by atomic mass is 16.2. The first-order valence-corrected chi connectivity index (χ1v) is 10.5. The van der Waals surface area contributed by atoms with Crippen LogP contribution in [0.1, 0.15) is 96.8 Å². The van der Waals surface area contributed by atoms with Gasteiger partial charge in [0.2, 0.25) is 0 Å². The Morgan fingerprint density at radius 2 is 1.40 bits per heavy atom. The highest BCUT2D eigenvalue weighted by Gasteiger charge is 2.19. The molecule has 0 bridgehead atoms. The minimum Gasteiger partial charge on any atom is -0.369 e. The molecule has 1 aliphatic rings. The van der Waals surface area contributed by atoms with E-state index in [-0.39, 0.29) is 5.91 Å². The van der Waals surface area contributed by atoms with Crippen molar-refractivity contribution in [1.82, 2.24) is 4.90 Å². The molecule has 0 aromatic rings. The van der Waals surface area contributed by atoms with Crippen molar-refractivity contribution in [3.05, 3.63) is 12.2 Å². The van der Waals surface area contributed by atoms with Gasteiger partial charge in [-0.2, -0.15) is 4.99 Å². The Kier molecular flexibility index (Phi) is 13.0. The van der Waals surface area contributed by atoms with E-state index >= 15 is 0 Å². The number of hydrogen-bond donors (Lipinski definition) is 1. The average Bonchev–Trinajstić information content (AvgIpc) is 2.92. The van der Waals surface area contributed by atoms with Gasteiger partial charge in [-0.1, -0.05) is 76.9 Å². The van der Waals surface area contributed by atoms with Crippen LogP contribution in [0, 0.1) is 0 Å². The maximum atomic E-state index is 11.1. The number of aliphatic imine (C=N–C) groups is 1. The van der Waals surface area contributed by atoms with Crippen molar-refractivity contribution < 1.29 is 4.79 Å². The van der Waals surface area contributed by atoms with E-state index in [0.29, 0.717) is 12.5 Å². The zero-order valence-electron chi connectivity index (χ0n) is 16.3. The summed E-state index contributed by atoms with van der Waals surface area (Å²) in [5.74, 6) is 0.291. The van der Waals surface area contributed by atoms with Gasteiger partial charge in [0.05, 0.1) is 0 Å². The SMILES string of the molecule is CCCCCCCCC=CCCCCCCCCN1CC(=O)N=C1N. The van der Waals surface area contributed by atoms with Crippen LogP contribution in [0.3, 0.4) is 0 Å². The molecule has 0 spiro atoms. The quantitative estimate of drug-likeness (QED) is 0.308. The van der Waals surface area contributed by atoms with Crippen molar-refractivity contribution in [2.45, 2.75) is 96.8 Å². The Bertz CT molecular complexity index is 404. The van der Waals surface area contributed by atoms with Crippen LogP contribution in [0.4, 0.5) is 0 Å². The molecule has 1 aliphatic heterocycles. The molecule has 4 nitrogen and oxygen atoms in total. The van der Waals surface area contributed by atoms with Crippen molar-refractivity contribution in [2.75, 3.05) is 13.1 Å². The number of unbranched alkanes of at least 4 members (excludes halogenated alkanes) is 12. The lowest BCUT2D eigenvalue weighted by atomic mass is 10.1. The fourth-order valence-electron chi connectivity index (χ4n) is 3.22. The summed E-state index contributed by atoms with van der Waals surface area (Å²) in [6.07, 6.45) is 23.1. The zero-order valence-corrected chi connectivity index (χ0v) is 16.3. The van der Waals surface area contributed by atoms with E-state index in [0.717, 1.165) is 13.0 Å². The van der Waals surface area contributed by atoms with E-state index < -0.39 is 0 Å². The predicted molar refractivity (Wildman–Crippen MR) is 108 cm³/mol. The van der Waals surface area contributed by atoms with E-state index in [1.54, 1.807) is 0 Å². The first-order valence-electron chi connectivity index (χ1n) is 10.5. The van der Waals surface area contributed by atoms with Crippen molar-refractivity contribution in [3.8, 4) is 0 Å². The van der Waals surface area contributed by atoms with Gasteiger partial charge in [0, 0.05) is 6.54 Å². The molecular formula is C21H39N3O. The smallest absolute Gasteiger partial charge is 0.268 e. The first kappa shape index (κ1) is 21.7. The lowest BCUT2D eigenvalue weighted by molar-refractivity contribution is -0.117. The molecule has 0 unspecified atom stereocenters. The fourth-order valence-corrected chi connectivity index (χ4v) is 3.22. The van der Waals surface area contributed by atoms with Gasteiger partial charge < -0.3 is 10.6 Å². The Labute approximate surface area is 154 Å². The molecule has 1 heterocycles. The summed E-state index contributed by atoms with van der Waals surface area (Å²) in [5, 5.41) is 0. The normalized spacial score (nSPS) is 14.7. The molecule has 25 heavy (non-hydrogen) atoms. The van der Waals surface area contributed by atoms with Gasteiger partial charge >= 0.3 is 0 Å². The zero-order chi connectivity index (χ0) is 18.2. The van der Waals surface area contributed by atoms with E-state index in [1.807, 2.05) is 4.90 Å². The number of hydrogen-bond acceptors (Lipinski definition) is 3. The van der Waals surface area contributed by atoms with Crippen LogP contribution in [0.15, 0.2) is 17.1 Å². The maximum absolute atomic E-state index is 11.1. The highest BCUT2D eigenvalue weighted by Crippen LogP contribution is 2.10. The van der Waals surface area contributed by atoms with Gasteiger partial charge in [-0.15, -0.1) is 0 Å². The monoisotopic (exact) mass is 349 g/mol. The van der Waals surface area contributed by atoms with Crippen LogP contribution < -0.4 is 5.73 Å². The Balaban J connectivity index is 1.78. The lowest BCUT2D eigenvalue weighted by Crippen LogP contribution is -2.34. The van der Waals surface area contributed by atoms with Crippen LogP contribution in [-0.4, -0.2) is 29.9 Å². The van der Waals surface area contributed by atoms with Crippen LogP contribution in [0.5, 0.6) is 0 Å². The maximum Gasteiger partial charge on any atom is 0.268 e. The number of nitrogens with zero attached hydrogens (tertiary/aromatic N) is 2. The van der Waals surface area contributed by atoms with Crippen LogP contribution in [0.25, 0.3) is 0 Å². The Hall–Kier alpha value is -1.32. The van der Waals surface area contributed by atoms with E-state index in [4.69, 9.17) is 5.73 Å². The number of rotatable bonds is 16. The third-order valence-electron chi connectivity index (χ3n) is 4.83. The standard InChI is InChI=1S/C21H39N3O/c1-2-3-4-5-6-7-8-9-10-11-12-13-14-15-16-17-18-24-19-20(25)23-21(24)22/h9-10H,2-8,11-19H2,1H3,(H2,22,23,25). The molecule has 0 atom stereocenters. The van der Waals surface area contributed by atoms with Crippen LogP contribution in [0.2, 0.25) is 0 Å². The minimum absolute atomic E-state index is 0.109. The Morgan fingerprint density at radius 3 is 1.92 bits per heavy atom. The summed E-state index contributed by atoms with van der Waals surface area (Å²) < 4.78 is 0. The van der Waals surface area contributed by atoms with Crippen molar-refractivity contribution in [2.24, 2.45) is 10.7 Å². The fraction of sp³-hybridized carbons (Fsp3) is 0.810. The second kappa shape index (κ2) is 15.0. The molecule has 1 rings (SSSR count). The lowest BCUT2D eigenvalue weighted by Gasteiger charge is -2.15. The molecule has 144 valence electrons. The minimum atomic E-state index is -0.109. The molecule has 0 aromatic carbocycles. The number of carbonyl (C=O) groups excluding carboxylic acids is 1. The third-order valence-corrected chi connectivity index (χ3v) is 4.83. The summed E-state index contributed by atoms with van der Waals surface area (Å²) in [6, 6.07) is 0. The molecule has 0 aromatic heterocycles. The molecule has 0 saturated carbocycles. The largest absolute Gasteiger partial charge is 0.369 e. The highest BCUT2D eigenvalue weighted by molar-refractivity contribution is 5.99. The molecule has 1 amide bonds. The second-order valence-corrected chi connectivity index (χ2v) is 7.22. The second-order valence-electron chi connectivity index (χ2n) is 7.22.